The molecule has 0 aromatic heterocycles. The highest BCUT2D eigenvalue weighted by Crippen LogP contribution is 2.26. The van der Waals surface area contributed by atoms with Gasteiger partial charge < -0.3 is 10.0 Å². The number of carboxylic acid groups (broad SMARTS) is 1. The summed E-state index contributed by atoms with van der Waals surface area (Å²) in [6, 6.07) is 0. The van der Waals surface area contributed by atoms with Crippen LogP contribution in [0, 0.1) is 5.41 Å². The smallest absolute Gasteiger partial charge is 0.303 e. The maximum Gasteiger partial charge on any atom is 0.303 e. The van der Waals surface area contributed by atoms with Crippen molar-refractivity contribution in [1.29, 1.82) is 0 Å². The van der Waals surface area contributed by atoms with Gasteiger partial charge in [-0.1, -0.05) is 13.8 Å². The van der Waals surface area contributed by atoms with Crippen LogP contribution >= 0.6 is 0 Å². The molecule has 0 radical (unpaired) electrons. The van der Waals surface area contributed by atoms with Crippen LogP contribution in [0.4, 0.5) is 0 Å². The molecule has 1 aliphatic rings. The zero-order valence-electron chi connectivity index (χ0n) is 9.45. The first kappa shape index (κ1) is 12.0. The van der Waals surface area contributed by atoms with Crippen LogP contribution in [0.5, 0.6) is 0 Å². The molecular weight excluding hydrogens is 194 g/mol. The van der Waals surface area contributed by atoms with Gasteiger partial charge in [-0.2, -0.15) is 0 Å². The van der Waals surface area contributed by atoms with Crippen LogP contribution in [-0.2, 0) is 9.59 Å². The molecule has 0 unspecified atom stereocenters. The second-order valence-electron chi connectivity index (χ2n) is 5.00. The second-order valence-corrected chi connectivity index (χ2v) is 5.00. The Bertz CT molecular complexity index is 255. The van der Waals surface area contributed by atoms with E-state index in [0.29, 0.717) is 6.42 Å². The van der Waals surface area contributed by atoms with Crippen LogP contribution in [0.1, 0.15) is 39.5 Å². The van der Waals surface area contributed by atoms with E-state index >= 15 is 0 Å². The molecule has 86 valence electrons. The number of hydrogen-bond donors (Lipinski definition) is 1. The minimum atomic E-state index is -0.839. The number of amides is 1. The number of rotatable bonds is 4. The van der Waals surface area contributed by atoms with E-state index in [1.807, 2.05) is 18.7 Å². The van der Waals surface area contributed by atoms with Gasteiger partial charge in [0.1, 0.15) is 0 Å². The van der Waals surface area contributed by atoms with E-state index < -0.39 is 11.4 Å². The first-order chi connectivity index (χ1) is 6.91. The van der Waals surface area contributed by atoms with Crippen molar-refractivity contribution < 1.29 is 14.7 Å². The van der Waals surface area contributed by atoms with E-state index in [9.17, 15) is 9.59 Å². The number of carbonyl (C=O) groups is 2. The third-order valence-electron chi connectivity index (χ3n) is 2.72. The van der Waals surface area contributed by atoms with E-state index in [0.717, 1.165) is 25.9 Å². The summed E-state index contributed by atoms with van der Waals surface area (Å²) in [6.45, 7) is 5.33. The van der Waals surface area contributed by atoms with Crippen LogP contribution in [0.15, 0.2) is 0 Å². The third-order valence-corrected chi connectivity index (χ3v) is 2.72. The zero-order chi connectivity index (χ0) is 11.5. The summed E-state index contributed by atoms with van der Waals surface area (Å²) < 4.78 is 0. The maximum absolute atomic E-state index is 11.8. The fourth-order valence-corrected chi connectivity index (χ4v) is 1.96. The molecule has 1 fully saturated rings. The molecule has 0 aromatic carbocycles. The van der Waals surface area contributed by atoms with Crippen LogP contribution in [0.2, 0.25) is 0 Å². The van der Waals surface area contributed by atoms with Crippen LogP contribution in [0.25, 0.3) is 0 Å². The van der Waals surface area contributed by atoms with Gasteiger partial charge in [0, 0.05) is 19.5 Å². The van der Waals surface area contributed by atoms with E-state index in [2.05, 4.69) is 0 Å². The quantitative estimate of drug-likeness (QED) is 0.770. The Morgan fingerprint density at radius 1 is 1.20 bits per heavy atom. The number of carbonyl (C=O) groups excluding carboxylic acids is 1. The molecule has 1 heterocycles. The predicted molar refractivity (Wildman–Crippen MR) is 56.5 cm³/mol. The SMILES string of the molecule is CC(C)(CC(=O)O)CC(=O)N1CCCC1. The lowest BCUT2D eigenvalue weighted by molar-refractivity contribution is -0.140. The third kappa shape index (κ3) is 3.90. The lowest BCUT2D eigenvalue weighted by Crippen LogP contribution is -2.32. The van der Waals surface area contributed by atoms with Gasteiger partial charge in [-0.05, 0) is 18.3 Å². The monoisotopic (exact) mass is 213 g/mol. The molecule has 0 spiro atoms. The summed E-state index contributed by atoms with van der Waals surface area (Å²) in [5.41, 5.74) is -0.439. The molecule has 0 saturated carbocycles. The minimum Gasteiger partial charge on any atom is -0.481 e. The van der Waals surface area contributed by atoms with Gasteiger partial charge in [0.15, 0.2) is 0 Å². The molecule has 0 bridgehead atoms. The second kappa shape index (κ2) is 4.64. The first-order valence-electron chi connectivity index (χ1n) is 5.40. The van der Waals surface area contributed by atoms with E-state index in [-0.39, 0.29) is 12.3 Å². The Labute approximate surface area is 90.3 Å². The molecule has 1 amide bonds. The number of hydrogen-bond acceptors (Lipinski definition) is 2. The van der Waals surface area contributed by atoms with E-state index in [1.54, 1.807) is 0 Å². The number of nitrogens with zero attached hydrogens (tertiary/aromatic N) is 1. The largest absolute Gasteiger partial charge is 0.481 e. The van der Waals surface area contributed by atoms with Crippen LogP contribution in [-0.4, -0.2) is 35.0 Å². The van der Waals surface area contributed by atoms with Crippen molar-refractivity contribution in [2.45, 2.75) is 39.5 Å². The van der Waals surface area contributed by atoms with Crippen molar-refractivity contribution in [3.63, 3.8) is 0 Å². The molecule has 1 saturated heterocycles. The maximum atomic E-state index is 11.8. The Hall–Kier alpha value is -1.06. The summed E-state index contributed by atoms with van der Waals surface area (Å²) in [7, 11) is 0. The highest BCUT2D eigenvalue weighted by Gasteiger charge is 2.28. The molecule has 4 nitrogen and oxygen atoms in total. The van der Waals surface area contributed by atoms with Crippen LogP contribution < -0.4 is 0 Å². The highest BCUT2D eigenvalue weighted by atomic mass is 16.4. The first-order valence-corrected chi connectivity index (χ1v) is 5.40. The fourth-order valence-electron chi connectivity index (χ4n) is 1.96. The minimum absolute atomic E-state index is 0.0482. The average Bonchev–Trinajstić information content (AvgIpc) is 2.50. The molecule has 1 rings (SSSR count). The summed E-state index contributed by atoms with van der Waals surface area (Å²) in [5.74, 6) is -0.743. The summed E-state index contributed by atoms with van der Waals surface area (Å²) in [6.07, 6.45) is 2.53. The van der Waals surface area contributed by atoms with Crippen molar-refractivity contribution in [1.82, 2.24) is 4.90 Å². The van der Waals surface area contributed by atoms with Gasteiger partial charge >= 0.3 is 5.97 Å². The Morgan fingerprint density at radius 3 is 2.20 bits per heavy atom. The summed E-state index contributed by atoms with van der Waals surface area (Å²) in [5, 5.41) is 8.70. The summed E-state index contributed by atoms with van der Waals surface area (Å²) in [4.78, 5) is 24.2. The number of carboxylic acids is 1. The molecule has 4 heteroatoms. The van der Waals surface area contributed by atoms with Crippen molar-refractivity contribution in [2.24, 2.45) is 5.41 Å². The van der Waals surface area contributed by atoms with Gasteiger partial charge in [0.2, 0.25) is 5.91 Å². The molecule has 1 aliphatic heterocycles. The number of aliphatic carboxylic acids is 1. The Kier molecular flexibility index (Phi) is 3.72. The van der Waals surface area contributed by atoms with Crippen molar-refractivity contribution in [2.75, 3.05) is 13.1 Å². The highest BCUT2D eigenvalue weighted by molar-refractivity contribution is 5.78. The van der Waals surface area contributed by atoms with Crippen molar-refractivity contribution in [3.8, 4) is 0 Å². The molecule has 15 heavy (non-hydrogen) atoms. The standard InChI is InChI=1S/C11H19NO3/c1-11(2,8-10(14)15)7-9(13)12-5-3-4-6-12/h3-8H2,1-2H3,(H,14,15). The fraction of sp³-hybridized carbons (Fsp3) is 0.818. The van der Waals surface area contributed by atoms with Gasteiger partial charge in [-0.15, -0.1) is 0 Å². The van der Waals surface area contributed by atoms with Crippen molar-refractivity contribution in [3.05, 3.63) is 0 Å². The normalized spacial score (nSPS) is 16.8. The molecule has 0 aromatic rings. The lowest BCUT2D eigenvalue weighted by Gasteiger charge is -2.25. The van der Waals surface area contributed by atoms with Gasteiger partial charge in [-0.25, -0.2) is 0 Å². The van der Waals surface area contributed by atoms with E-state index in [1.165, 1.54) is 0 Å². The van der Waals surface area contributed by atoms with Gasteiger partial charge in [-0.3, -0.25) is 9.59 Å². The zero-order valence-corrected chi connectivity index (χ0v) is 9.45. The van der Waals surface area contributed by atoms with E-state index in [4.69, 9.17) is 5.11 Å². The lowest BCUT2D eigenvalue weighted by atomic mass is 9.85. The Balaban J connectivity index is 2.44. The Morgan fingerprint density at radius 2 is 1.73 bits per heavy atom. The van der Waals surface area contributed by atoms with Crippen LogP contribution in [0.3, 0.4) is 0 Å². The number of likely N-dealkylation sites (tertiary alicyclic amines) is 1. The molecule has 1 N–H and O–H groups in total. The van der Waals surface area contributed by atoms with Gasteiger partial charge in [0.25, 0.3) is 0 Å². The molecule has 0 aliphatic carbocycles. The predicted octanol–water partition coefficient (Wildman–Crippen LogP) is 1.50. The summed E-state index contributed by atoms with van der Waals surface area (Å²) >= 11 is 0. The molecule has 0 atom stereocenters. The molecular formula is C11H19NO3. The topological polar surface area (TPSA) is 57.6 Å². The van der Waals surface area contributed by atoms with Crippen molar-refractivity contribution >= 4 is 11.9 Å². The average molecular weight is 213 g/mol. The van der Waals surface area contributed by atoms with Gasteiger partial charge in [0.05, 0.1) is 6.42 Å².